The van der Waals surface area contributed by atoms with E-state index in [4.69, 9.17) is 15.1 Å². The predicted molar refractivity (Wildman–Crippen MR) is 103 cm³/mol. The summed E-state index contributed by atoms with van der Waals surface area (Å²) in [7, 11) is 0. The Bertz CT molecular complexity index is 920. The van der Waals surface area contributed by atoms with Crippen LogP contribution < -0.4 is 10.6 Å². The van der Waals surface area contributed by atoms with Crippen LogP contribution in [-0.2, 0) is 6.61 Å². The average molecular weight is 388 g/mol. The molecule has 0 fully saturated rings. The lowest BCUT2D eigenvalue weighted by Gasteiger charge is -2.14. The topological polar surface area (TPSA) is 105 Å². The molecule has 144 valence electrons. The Balaban J connectivity index is 1.70. The van der Waals surface area contributed by atoms with Crippen molar-refractivity contribution in [3.63, 3.8) is 0 Å². The fourth-order valence-electron chi connectivity index (χ4n) is 2.56. The fraction of sp³-hybridized carbons (Fsp3) is 0.444. The largest absolute Gasteiger partial charge is 0.485 e. The third-order valence-electron chi connectivity index (χ3n) is 4.06. The minimum atomic E-state index is -0.0872. The van der Waals surface area contributed by atoms with Gasteiger partial charge >= 0.3 is 0 Å². The van der Waals surface area contributed by atoms with Gasteiger partial charge in [0.15, 0.2) is 11.6 Å². The summed E-state index contributed by atoms with van der Waals surface area (Å²) < 4.78 is 12.6. The number of aromatic nitrogens is 5. The highest BCUT2D eigenvalue weighted by atomic mass is 32.2. The van der Waals surface area contributed by atoms with Crippen molar-refractivity contribution in [2.45, 2.75) is 57.5 Å². The highest BCUT2D eigenvalue weighted by molar-refractivity contribution is 7.99. The summed E-state index contributed by atoms with van der Waals surface area (Å²) >= 11 is 1.40. The Kier molecular flexibility index (Phi) is 5.69. The van der Waals surface area contributed by atoms with Gasteiger partial charge in [-0.05, 0) is 43.9 Å². The molecule has 0 saturated carbocycles. The molecule has 2 N–H and O–H groups in total. The van der Waals surface area contributed by atoms with Crippen LogP contribution in [-0.4, -0.2) is 25.0 Å². The Morgan fingerprint density at radius 2 is 2.00 bits per heavy atom. The first-order valence-corrected chi connectivity index (χ1v) is 9.62. The molecule has 3 aromatic rings. The number of ether oxygens (including phenoxy) is 1. The van der Waals surface area contributed by atoms with Gasteiger partial charge in [0.1, 0.15) is 12.4 Å². The van der Waals surface area contributed by atoms with Crippen LogP contribution in [0, 0.1) is 13.8 Å². The molecule has 2 heterocycles. The molecule has 1 unspecified atom stereocenters. The highest BCUT2D eigenvalue weighted by Crippen LogP contribution is 2.32. The van der Waals surface area contributed by atoms with Crippen molar-refractivity contribution in [2.24, 2.45) is 0 Å². The molecule has 2 aromatic heterocycles. The van der Waals surface area contributed by atoms with Gasteiger partial charge in [-0.1, -0.05) is 42.9 Å². The van der Waals surface area contributed by atoms with E-state index >= 15 is 0 Å². The molecule has 1 aromatic carbocycles. The Morgan fingerprint density at radius 1 is 1.22 bits per heavy atom. The standard InChI is InChI=1S/C18H24N6O2S/c1-10(2)14-7-6-11(3)8-15(14)25-9-16-21-22-18(24(16)19)27-12(4)17-20-13(5)23-26-17/h6-8,10,12H,9,19H2,1-5H3. The summed E-state index contributed by atoms with van der Waals surface area (Å²) in [5.41, 5.74) is 2.29. The van der Waals surface area contributed by atoms with Gasteiger partial charge in [-0.3, -0.25) is 0 Å². The lowest BCUT2D eigenvalue weighted by atomic mass is 10.0. The molecule has 0 aliphatic rings. The number of nitrogens with two attached hydrogens (primary N) is 1. The van der Waals surface area contributed by atoms with Crippen LogP contribution >= 0.6 is 11.8 Å². The van der Waals surface area contributed by atoms with Gasteiger partial charge in [-0.15, -0.1) is 10.2 Å². The summed E-state index contributed by atoms with van der Waals surface area (Å²) in [6.07, 6.45) is 0. The maximum atomic E-state index is 6.15. The van der Waals surface area contributed by atoms with Crippen molar-refractivity contribution in [3.05, 3.63) is 46.9 Å². The van der Waals surface area contributed by atoms with Gasteiger partial charge in [0.2, 0.25) is 11.0 Å². The Labute approximate surface area is 162 Å². The molecule has 8 nitrogen and oxygen atoms in total. The fourth-order valence-corrected chi connectivity index (χ4v) is 3.38. The molecule has 0 amide bonds. The van der Waals surface area contributed by atoms with Crippen molar-refractivity contribution in [3.8, 4) is 5.75 Å². The number of hydrogen-bond acceptors (Lipinski definition) is 8. The van der Waals surface area contributed by atoms with Gasteiger partial charge in [-0.25, -0.2) is 4.68 Å². The number of hydrogen-bond donors (Lipinski definition) is 1. The lowest BCUT2D eigenvalue weighted by Crippen LogP contribution is -2.16. The minimum absolute atomic E-state index is 0.0872. The number of benzene rings is 1. The number of rotatable bonds is 7. The van der Waals surface area contributed by atoms with E-state index in [0.717, 1.165) is 16.9 Å². The summed E-state index contributed by atoms with van der Waals surface area (Å²) in [6.45, 7) is 10.3. The van der Waals surface area contributed by atoms with Gasteiger partial charge in [0.05, 0.1) is 5.25 Å². The minimum Gasteiger partial charge on any atom is -0.485 e. The number of thioether (sulfide) groups is 1. The molecular weight excluding hydrogens is 364 g/mol. The molecular formula is C18H24N6O2S. The van der Waals surface area contributed by atoms with Crippen LogP contribution in [0.2, 0.25) is 0 Å². The van der Waals surface area contributed by atoms with E-state index in [0.29, 0.717) is 28.6 Å². The van der Waals surface area contributed by atoms with E-state index < -0.39 is 0 Å². The quantitative estimate of drug-likeness (QED) is 0.484. The molecule has 9 heteroatoms. The van der Waals surface area contributed by atoms with Crippen molar-refractivity contribution in [2.75, 3.05) is 5.84 Å². The Hall–Kier alpha value is -2.55. The van der Waals surface area contributed by atoms with Gasteiger partial charge < -0.3 is 15.1 Å². The summed E-state index contributed by atoms with van der Waals surface area (Å²) in [4.78, 5) is 4.23. The molecule has 0 saturated heterocycles. The molecule has 0 aliphatic carbocycles. The van der Waals surface area contributed by atoms with Gasteiger partial charge in [0.25, 0.3) is 0 Å². The van der Waals surface area contributed by atoms with Crippen molar-refractivity contribution in [1.29, 1.82) is 0 Å². The Morgan fingerprint density at radius 3 is 2.67 bits per heavy atom. The number of nitrogens with zero attached hydrogens (tertiary/aromatic N) is 5. The first kappa shape index (κ1) is 19.2. The molecule has 27 heavy (non-hydrogen) atoms. The molecule has 3 rings (SSSR count). The van der Waals surface area contributed by atoms with Crippen LogP contribution in [0.5, 0.6) is 5.75 Å². The monoisotopic (exact) mass is 388 g/mol. The second-order valence-electron chi connectivity index (χ2n) is 6.69. The summed E-state index contributed by atoms with van der Waals surface area (Å²) in [5.74, 6) is 9.03. The molecule has 0 aliphatic heterocycles. The molecule has 0 bridgehead atoms. The molecule has 0 radical (unpaired) electrons. The van der Waals surface area contributed by atoms with Crippen molar-refractivity contribution in [1.82, 2.24) is 25.0 Å². The van der Waals surface area contributed by atoms with Crippen LogP contribution in [0.1, 0.15) is 60.6 Å². The van der Waals surface area contributed by atoms with Crippen LogP contribution in [0.15, 0.2) is 27.9 Å². The predicted octanol–water partition coefficient (Wildman–Crippen LogP) is 3.55. The second-order valence-corrected chi connectivity index (χ2v) is 8.00. The van der Waals surface area contributed by atoms with E-state index in [2.05, 4.69) is 46.3 Å². The third-order valence-corrected chi connectivity index (χ3v) is 5.10. The second kappa shape index (κ2) is 7.99. The van der Waals surface area contributed by atoms with Crippen molar-refractivity contribution < 1.29 is 9.26 Å². The lowest BCUT2D eigenvalue weighted by molar-refractivity contribution is 0.287. The maximum absolute atomic E-state index is 6.15. The molecule has 0 spiro atoms. The number of aryl methyl sites for hydroxylation is 2. The van der Waals surface area contributed by atoms with E-state index in [1.54, 1.807) is 6.92 Å². The normalized spacial score (nSPS) is 12.5. The highest BCUT2D eigenvalue weighted by Gasteiger charge is 2.20. The van der Waals surface area contributed by atoms with E-state index in [-0.39, 0.29) is 11.9 Å². The SMILES string of the molecule is Cc1ccc(C(C)C)c(OCc2nnc(SC(C)c3nc(C)no3)n2N)c1. The van der Waals surface area contributed by atoms with Crippen LogP contribution in [0.3, 0.4) is 0 Å². The first-order chi connectivity index (χ1) is 12.8. The number of nitrogen functional groups attached to an aromatic ring is 1. The van der Waals surface area contributed by atoms with E-state index in [1.807, 2.05) is 19.9 Å². The van der Waals surface area contributed by atoms with Crippen LogP contribution in [0.25, 0.3) is 0 Å². The van der Waals surface area contributed by atoms with E-state index in [1.165, 1.54) is 16.4 Å². The van der Waals surface area contributed by atoms with Crippen LogP contribution in [0.4, 0.5) is 0 Å². The zero-order valence-corrected chi connectivity index (χ0v) is 16.9. The zero-order valence-electron chi connectivity index (χ0n) is 16.1. The van der Waals surface area contributed by atoms with Gasteiger partial charge in [-0.2, -0.15) is 4.98 Å². The van der Waals surface area contributed by atoms with Gasteiger partial charge in [0, 0.05) is 0 Å². The maximum Gasteiger partial charge on any atom is 0.239 e. The third kappa shape index (κ3) is 4.41. The summed E-state index contributed by atoms with van der Waals surface area (Å²) in [5, 5.41) is 12.6. The smallest absolute Gasteiger partial charge is 0.239 e. The molecule has 1 atom stereocenters. The average Bonchev–Trinajstić information content (AvgIpc) is 3.20. The van der Waals surface area contributed by atoms with Crippen molar-refractivity contribution >= 4 is 11.8 Å². The first-order valence-electron chi connectivity index (χ1n) is 8.74. The van der Waals surface area contributed by atoms with E-state index in [9.17, 15) is 0 Å². The summed E-state index contributed by atoms with van der Waals surface area (Å²) in [6, 6.07) is 6.21. The zero-order chi connectivity index (χ0) is 19.6.